The quantitative estimate of drug-likeness (QED) is 0.760. The van der Waals surface area contributed by atoms with E-state index in [1.165, 1.54) is 0 Å². The fourth-order valence-electron chi connectivity index (χ4n) is 0.985. The van der Waals surface area contributed by atoms with Crippen molar-refractivity contribution in [3.63, 3.8) is 0 Å². The van der Waals surface area contributed by atoms with Crippen LogP contribution < -0.4 is 5.32 Å². The molecule has 0 aliphatic heterocycles. The molecule has 1 amide bonds. The highest BCUT2D eigenvalue weighted by atomic mass is 16.6. The van der Waals surface area contributed by atoms with E-state index >= 15 is 0 Å². The summed E-state index contributed by atoms with van der Waals surface area (Å²) in [7, 11) is 3.25. The minimum atomic E-state index is -0.628. The average Bonchev–Trinajstić information content (AvgIpc) is 2.15. The summed E-state index contributed by atoms with van der Waals surface area (Å²) in [5.41, 5.74) is -1.15. The van der Waals surface area contributed by atoms with Crippen molar-refractivity contribution < 1.29 is 19.4 Å². The van der Waals surface area contributed by atoms with Crippen LogP contribution in [0.3, 0.4) is 0 Å². The highest BCUT2D eigenvalue weighted by Gasteiger charge is 2.25. The Balaban J connectivity index is 0. The topological polar surface area (TPSA) is 67.8 Å². The first kappa shape index (κ1) is 19.3. The second-order valence-electron chi connectivity index (χ2n) is 5.13. The largest absolute Gasteiger partial charge is 0.444 e. The number of carbonyl (C=O) groups is 1. The minimum Gasteiger partial charge on any atom is -0.444 e. The van der Waals surface area contributed by atoms with E-state index in [0.29, 0.717) is 6.42 Å². The molecule has 0 aliphatic carbocycles. The number of ether oxygens (including phenoxy) is 2. The number of carbonyl (C=O) groups excluding carboxylic acids is 1. The van der Waals surface area contributed by atoms with Crippen molar-refractivity contribution in [1.82, 2.24) is 5.32 Å². The number of nitrogens with one attached hydrogen (secondary N) is 1. The van der Waals surface area contributed by atoms with Gasteiger partial charge in [-0.3, -0.25) is 0 Å². The Labute approximate surface area is 110 Å². The molecule has 108 valence electrons. The van der Waals surface area contributed by atoms with E-state index in [0.717, 1.165) is 0 Å². The fourth-order valence-corrected chi connectivity index (χ4v) is 0.985. The third kappa shape index (κ3) is 11.4. The van der Waals surface area contributed by atoms with E-state index in [1.54, 1.807) is 48.0 Å². The van der Waals surface area contributed by atoms with E-state index in [-0.39, 0.29) is 6.61 Å². The Morgan fingerprint density at radius 3 is 2.06 bits per heavy atom. The fraction of sp³-hybridized carbons (Fsp3) is 0.769. The molecule has 0 rings (SSSR count). The minimum absolute atomic E-state index is 0.0156. The van der Waals surface area contributed by atoms with Gasteiger partial charge in [-0.05, 0) is 34.1 Å². The Bertz CT molecular complexity index is 248. The number of hydrogen-bond donors (Lipinski definition) is 2. The van der Waals surface area contributed by atoms with Gasteiger partial charge in [0.05, 0.1) is 5.54 Å². The second kappa shape index (κ2) is 8.94. The van der Waals surface area contributed by atoms with Crippen LogP contribution in [0.1, 0.15) is 34.1 Å². The van der Waals surface area contributed by atoms with Gasteiger partial charge in [0.2, 0.25) is 0 Å². The SMILES string of the molecule is C=CC(C)(CCO)NC(=O)OC(C)(C)C.COC. The number of alkyl carbamates (subject to hydrolysis) is 1. The van der Waals surface area contributed by atoms with Gasteiger partial charge in [0.15, 0.2) is 0 Å². The molecule has 0 fully saturated rings. The molecule has 0 spiro atoms. The summed E-state index contributed by atoms with van der Waals surface area (Å²) in [4.78, 5) is 11.4. The summed E-state index contributed by atoms with van der Waals surface area (Å²) in [6, 6.07) is 0. The van der Waals surface area contributed by atoms with E-state index in [4.69, 9.17) is 9.84 Å². The standard InChI is InChI=1S/C11H21NO3.C2H6O/c1-6-11(5,7-8-13)12-9(14)15-10(2,3)4;1-3-2/h6,13H,1,7-8H2,2-5H3,(H,12,14);1-2H3. The first-order valence-corrected chi connectivity index (χ1v) is 5.80. The number of methoxy groups -OCH3 is 1. The second-order valence-corrected chi connectivity index (χ2v) is 5.13. The smallest absolute Gasteiger partial charge is 0.408 e. The van der Waals surface area contributed by atoms with Crippen molar-refractivity contribution in [3.8, 4) is 0 Å². The predicted molar refractivity (Wildman–Crippen MR) is 72.6 cm³/mol. The third-order valence-electron chi connectivity index (χ3n) is 1.87. The first-order chi connectivity index (χ1) is 8.14. The van der Waals surface area contributed by atoms with Crippen molar-refractivity contribution >= 4 is 6.09 Å². The lowest BCUT2D eigenvalue weighted by atomic mass is 9.99. The van der Waals surface area contributed by atoms with Gasteiger partial charge in [-0.2, -0.15) is 0 Å². The van der Waals surface area contributed by atoms with Crippen LogP contribution in [0.25, 0.3) is 0 Å². The van der Waals surface area contributed by atoms with Crippen LogP contribution in [0.5, 0.6) is 0 Å². The zero-order valence-corrected chi connectivity index (χ0v) is 12.4. The number of aliphatic hydroxyl groups is 1. The highest BCUT2D eigenvalue weighted by Crippen LogP contribution is 2.13. The molecule has 0 aromatic heterocycles. The van der Waals surface area contributed by atoms with E-state index in [1.807, 2.05) is 0 Å². The van der Waals surface area contributed by atoms with Gasteiger partial charge in [0.1, 0.15) is 5.60 Å². The lowest BCUT2D eigenvalue weighted by molar-refractivity contribution is 0.0474. The Morgan fingerprint density at radius 1 is 1.33 bits per heavy atom. The summed E-state index contributed by atoms with van der Waals surface area (Å²) in [5.74, 6) is 0. The first-order valence-electron chi connectivity index (χ1n) is 5.80. The van der Waals surface area contributed by atoms with Crippen LogP contribution in [0.2, 0.25) is 0 Å². The van der Waals surface area contributed by atoms with Crippen molar-refractivity contribution in [3.05, 3.63) is 12.7 Å². The van der Waals surface area contributed by atoms with Crippen LogP contribution in [0.4, 0.5) is 4.79 Å². The molecular weight excluding hydrogens is 234 g/mol. The summed E-state index contributed by atoms with van der Waals surface area (Å²) in [5, 5.41) is 11.5. The van der Waals surface area contributed by atoms with Crippen molar-refractivity contribution in [2.75, 3.05) is 20.8 Å². The lowest BCUT2D eigenvalue weighted by Crippen LogP contribution is -2.47. The van der Waals surface area contributed by atoms with Gasteiger partial charge in [-0.1, -0.05) is 6.08 Å². The zero-order valence-electron chi connectivity index (χ0n) is 12.4. The van der Waals surface area contributed by atoms with Crippen LogP contribution in [-0.4, -0.2) is 43.2 Å². The van der Waals surface area contributed by atoms with Crippen LogP contribution in [0.15, 0.2) is 12.7 Å². The molecule has 1 atom stereocenters. The number of hydrogen-bond acceptors (Lipinski definition) is 4. The van der Waals surface area contributed by atoms with Gasteiger partial charge in [0.25, 0.3) is 0 Å². The molecule has 1 unspecified atom stereocenters. The Morgan fingerprint density at radius 2 is 1.78 bits per heavy atom. The molecule has 18 heavy (non-hydrogen) atoms. The summed E-state index contributed by atoms with van der Waals surface area (Å²) in [6.45, 7) is 10.8. The van der Waals surface area contributed by atoms with Crippen LogP contribution in [-0.2, 0) is 9.47 Å². The summed E-state index contributed by atoms with van der Waals surface area (Å²) >= 11 is 0. The van der Waals surface area contributed by atoms with Crippen molar-refractivity contribution in [2.24, 2.45) is 0 Å². The Hall–Kier alpha value is -1.07. The van der Waals surface area contributed by atoms with Crippen molar-refractivity contribution in [2.45, 2.75) is 45.3 Å². The molecule has 5 nitrogen and oxygen atoms in total. The van der Waals surface area contributed by atoms with E-state index < -0.39 is 17.2 Å². The Kier molecular flexibility index (Phi) is 9.57. The number of rotatable bonds is 4. The molecule has 0 aliphatic rings. The molecule has 5 heteroatoms. The van der Waals surface area contributed by atoms with Gasteiger partial charge < -0.3 is 19.9 Å². The van der Waals surface area contributed by atoms with Crippen LogP contribution in [0, 0.1) is 0 Å². The monoisotopic (exact) mass is 261 g/mol. The molecular formula is C13H27NO4. The molecule has 2 N–H and O–H groups in total. The third-order valence-corrected chi connectivity index (χ3v) is 1.87. The van der Waals surface area contributed by atoms with Crippen molar-refractivity contribution in [1.29, 1.82) is 0 Å². The molecule has 0 saturated heterocycles. The maximum atomic E-state index is 11.4. The molecule has 0 aromatic carbocycles. The van der Waals surface area contributed by atoms with Gasteiger partial charge in [-0.25, -0.2) is 4.79 Å². The average molecular weight is 261 g/mol. The molecule has 0 bridgehead atoms. The normalized spacial score (nSPS) is 13.7. The number of aliphatic hydroxyl groups excluding tert-OH is 1. The molecule has 0 radical (unpaired) electrons. The lowest BCUT2D eigenvalue weighted by Gasteiger charge is -2.28. The summed E-state index contributed by atoms with van der Waals surface area (Å²) < 4.78 is 9.35. The van der Waals surface area contributed by atoms with Crippen LogP contribution >= 0.6 is 0 Å². The van der Waals surface area contributed by atoms with Gasteiger partial charge in [-0.15, -0.1) is 6.58 Å². The highest BCUT2D eigenvalue weighted by molar-refractivity contribution is 5.69. The van der Waals surface area contributed by atoms with E-state index in [9.17, 15) is 4.79 Å². The molecule has 0 saturated carbocycles. The maximum Gasteiger partial charge on any atom is 0.408 e. The summed E-state index contributed by atoms with van der Waals surface area (Å²) in [6.07, 6.45) is 1.50. The predicted octanol–water partition coefficient (Wildman–Crippen LogP) is 2.10. The van der Waals surface area contributed by atoms with Gasteiger partial charge >= 0.3 is 6.09 Å². The molecule has 0 aromatic rings. The maximum absolute atomic E-state index is 11.4. The zero-order chi connectivity index (χ0) is 14.8. The number of amides is 1. The van der Waals surface area contributed by atoms with Gasteiger partial charge in [0, 0.05) is 20.8 Å². The van der Waals surface area contributed by atoms with E-state index in [2.05, 4.69) is 16.6 Å². The molecule has 0 heterocycles.